The number of hydrogen-bond donors (Lipinski definition) is 1. The van der Waals surface area contributed by atoms with Crippen LogP contribution in [0.15, 0.2) is 41.5 Å². The number of thiophene rings is 1. The number of amidine groups is 1. The van der Waals surface area contributed by atoms with Gasteiger partial charge in [-0.05, 0) is 29.8 Å². The van der Waals surface area contributed by atoms with Gasteiger partial charge in [0.05, 0.1) is 5.00 Å². The monoisotopic (exact) mass is 331 g/mol. The number of carbonyl (C=O) groups excluding carboxylic acids is 2. The maximum Gasteiger partial charge on any atom is 0.265 e. The molecule has 0 atom stereocenters. The fraction of sp³-hybridized carbons (Fsp3) is 0.188. The number of hydrogen-bond acceptors (Lipinski definition) is 6. The third-order valence-electron chi connectivity index (χ3n) is 3.40. The van der Waals surface area contributed by atoms with Crippen LogP contribution in [0.5, 0.6) is 0 Å². The molecule has 0 bridgehead atoms. The fourth-order valence-corrected chi connectivity index (χ4v) is 3.28. The largest absolute Gasteiger partial charge is 0.293 e. The predicted octanol–water partition coefficient (Wildman–Crippen LogP) is 2.32. The summed E-state index contributed by atoms with van der Waals surface area (Å²) in [6.07, 6.45) is 0.680. The first-order valence-corrected chi connectivity index (χ1v) is 7.83. The number of nitrogens with zero attached hydrogens (tertiary/aromatic N) is 2. The van der Waals surface area contributed by atoms with Gasteiger partial charge in [0.1, 0.15) is 12.5 Å². The zero-order valence-electron chi connectivity index (χ0n) is 12.4. The van der Waals surface area contributed by atoms with Crippen LogP contribution in [0.3, 0.4) is 0 Å². The SMILES string of the molecule is CC(=O)C(=O)C1=NNCN1c1ccc(Cc2ccc(F)cc2)s1. The van der Waals surface area contributed by atoms with Crippen molar-refractivity contribution in [2.24, 2.45) is 5.10 Å². The first-order valence-electron chi connectivity index (χ1n) is 7.01. The van der Waals surface area contributed by atoms with Gasteiger partial charge in [0.25, 0.3) is 5.78 Å². The second-order valence-electron chi connectivity index (χ2n) is 5.11. The second kappa shape index (κ2) is 6.29. The summed E-state index contributed by atoms with van der Waals surface area (Å²) in [7, 11) is 0. The van der Waals surface area contributed by atoms with Crippen LogP contribution in [0.4, 0.5) is 9.39 Å². The quantitative estimate of drug-likeness (QED) is 0.854. The van der Waals surface area contributed by atoms with Crippen molar-refractivity contribution in [3.63, 3.8) is 0 Å². The lowest BCUT2D eigenvalue weighted by Crippen LogP contribution is -2.36. The van der Waals surface area contributed by atoms with Gasteiger partial charge in [-0.2, -0.15) is 5.10 Å². The molecular formula is C16H14FN3O2S. The molecule has 1 aliphatic heterocycles. The fourth-order valence-electron chi connectivity index (χ4n) is 2.24. The molecule has 0 saturated heterocycles. The average Bonchev–Trinajstić information content (AvgIpc) is 3.17. The summed E-state index contributed by atoms with van der Waals surface area (Å²) in [5.41, 5.74) is 3.74. The molecule has 0 saturated carbocycles. The van der Waals surface area contributed by atoms with E-state index in [0.29, 0.717) is 13.1 Å². The molecule has 1 aliphatic rings. The standard InChI is InChI=1S/C16H14FN3O2S/c1-10(21)15(22)16-19-18-9-20(16)14-7-6-13(23-14)8-11-2-4-12(17)5-3-11/h2-7,18H,8-9H2,1H3. The van der Waals surface area contributed by atoms with Crippen LogP contribution in [0.1, 0.15) is 17.4 Å². The summed E-state index contributed by atoms with van der Waals surface area (Å²) < 4.78 is 12.9. The Hall–Kier alpha value is -2.54. The van der Waals surface area contributed by atoms with Gasteiger partial charge < -0.3 is 0 Å². The highest BCUT2D eigenvalue weighted by Crippen LogP contribution is 2.29. The summed E-state index contributed by atoms with van der Waals surface area (Å²) in [5, 5.41) is 4.74. The van der Waals surface area contributed by atoms with E-state index in [0.717, 1.165) is 15.4 Å². The van der Waals surface area contributed by atoms with E-state index in [1.165, 1.54) is 30.4 Å². The van der Waals surface area contributed by atoms with Crippen molar-refractivity contribution in [1.29, 1.82) is 0 Å². The Labute approximate surface area is 136 Å². The minimum atomic E-state index is -0.608. The number of benzene rings is 1. The normalized spacial score (nSPS) is 13.7. The minimum absolute atomic E-state index is 0.118. The lowest BCUT2D eigenvalue weighted by Gasteiger charge is -2.14. The number of carbonyl (C=O) groups is 2. The van der Waals surface area contributed by atoms with E-state index < -0.39 is 11.6 Å². The van der Waals surface area contributed by atoms with Crippen molar-refractivity contribution in [2.75, 3.05) is 11.6 Å². The molecular weight excluding hydrogens is 317 g/mol. The summed E-state index contributed by atoms with van der Waals surface area (Å²) in [4.78, 5) is 25.9. The molecule has 5 nitrogen and oxygen atoms in total. The van der Waals surface area contributed by atoms with E-state index in [2.05, 4.69) is 10.5 Å². The van der Waals surface area contributed by atoms with Crippen LogP contribution in [0, 0.1) is 5.82 Å². The van der Waals surface area contributed by atoms with Crippen molar-refractivity contribution in [3.05, 3.63) is 52.7 Å². The number of halogens is 1. The van der Waals surface area contributed by atoms with Gasteiger partial charge in [0.15, 0.2) is 0 Å². The van der Waals surface area contributed by atoms with Crippen molar-refractivity contribution in [3.8, 4) is 0 Å². The molecule has 0 amide bonds. The molecule has 0 aliphatic carbocycles. The van der Waals surface area contributed by atoms with E-state index in [4.69, 9.17) is 0 Å². The van der Waals surface area contributed by atoms with E-state index in [-0.39, 0.29) is 11.7 Å². The van der Waals surface area contributed by atoms with Gasteiger partial charge in [-0.15, -0.1) is 11.3 Å². The van der Waals surface area contributed by atoms with Gasteiger partial charge >= 0.3 is 0 Å². The summed E-state index contributed by atoms with van der Waals surface area (Å²) in [6, 6.07) is 10.2. The maximum atomic E-state index is 12.9. The highest BCUT2D eigenvalue weighted by molar-refractivity contribution is 7.16. The minimum Gasteiger partial charge on any atom is -0.293 e. The second-order valence-corrected chi connectivity index (χ2v) is 6.25. The van der Waals surface area contributed by atoms with E-state index in [1.807, 2.05) is 12.1 Å². The Bertz CT molecular complexity index is 783. The Kier molecular flexibility index (Phi) is 4.20. The van der Waals surface area contributed by atoms with Gasteiger partial charge in [-0.25, -0.2) is 4.39 Å². The first-order chi connectivity index (χ1) is 11.0. The number of ketones is 2. The lowest BCUT2D eigenvalue weighted by atomic mass is 10.1. The highest BCUT2D eigenvalue weighted by Gasteiger charge is 2.28. The molecule has 0 radical (unpaired) electrons. The van der Waals surface area contributed by atoms with Crippen LogP contribution in [-0.4, -0.2) is 24.1 Å². The smallest absolute Gasteiger partial charge is 0.265 e. The third kappa shape index (κ3) is 3.29. The van der Waals surface area contributed by atoms with Gasteiger partial charge in [0, 0.05) is 18.2 Å². The Morgan fingerprint density at radius 2 is 2.00 bits per heavy atom. The van der Waals surface area contributed by atoms with Crippen LogP contribution in [0.2, 0.25) is 0 Å². The van der Waals surface area contributed by atoms with Crippen LogP contribution < -0.4 is 10.3 Å². The number of hydrazone groups is 1. The highest BCUT2D eigenvalue weighted by atomic mass is 32.1. The van der Waals surface area contributed by atoms with Crippen molar-refractivity contribution >= 4 is 33.7 Å². The molecule has 23 heavy (non-hydrogen) atoms. The van der Waals surface area contributed by atoms with E-state index in [9.17, 15) is 14.0 Å². The molecule has 118 valence electrons. The van der Waals surface area contributed by atoms with Crippen molar-refractivity contribution < 1.29 is 14.0 Å². The molecule has 0 unspecified atom stereocenters. The summed E-state index contributed by atoms with van der Waals surface area (Å²) in [5.74, 6) is -1.29. The zero-order valence-corrected chi connectivity index (χ0v) is 13.2. The van der Waals surface area contributed by atoms with Crippen LogP contribution >= 0.6 is 11.3 Å². The molecule has 1 N–H and O–H groups in total. The van der Waals surface area contributed by atoms with Crippen LogP contribution in [-0.2, 0) is 16.0 Å². The van der Waals surface area contributed by atoms with Crippen molar-refractivity contribution in [1.82, 2.24) is 5.43 Å². The number of Topliss-reactive ketones (excluding diaryl/α,β-unsaturated/α-hetero) is 2. The summed E-state index contributed by atoms with van der Waals surface area (Å²) >= 11 is 1.51. The lowest BCUT2D eigenvalue weighted by molar-refractivity contribution is -0.131. The maximum absolute atomic E-state index is 12.9. The Morgan fingerprint density at radius 1 is 1.26 bits per heavy atom. The molecule has 1 aromatic heterocycles. The first kappa shape index (κ1) is 15.4. The molecule has 1 aromatic carbocycles. The number of nitrogens with one attached hydrogen (secondary N) is 1. The zero-order chi connectivity index (χ0) is 16.4. The van der Waals surface area contributed by atoms with Gasteiger partial charge in [-0.3, -0.25) is 19.9 Å². The average molecular weight is 331 g/mol. The predicted molar refractivity (Wildman–Crippen MR) is 87.1 cm³/mol. The molecule has 0 fully saturated rings. The van der Waals surface area contributed by atoms with E-state index in [1.54, 1.807) is 17.0 Å². The Morgan fingerprint density at radius 3 is 2.70 bits per heavy atom. The van der Waals surface area contributed by atoms with Crippen molar-refractivity contribution in [2.45, 2.75) is 13.3 Å². The molecule has 2 heterocycles. The third-order valence-corrected chi connectivity index (χ3v) is 4.51. The molecule has 2 aromatic rings. The molecule has 3 rings (SSSR count). The topological polar surface area (TPSA) is 61.8 Å². The summed E-state index contributed by atoms with van der Waals surface area (Å²) in [6.45, 7) is 1.58. The number of anilines is 1. The van der Waals surface area contributed by atoms with Gasteiger partial charge in [-0.1, -0.05) is 12.1 Å². The Balaban J connectivity index is 1.76. The molecule has 7 heteroatoms. The number of rotatable bonds is 5. The van der Waals surface area contributed by atoms with Crippen LogP contribution in [0.25, 0.3) is 0 Å². The van der Waals surface area contributed by atoms with E-state index >= 15 is 0 Å². The molecule has 0 spiro atoms. The van der Waals surface area contributed by atoms with Gasteiger partial charge in [0.2, 0.25) is 11.6 Å².